The second-order valence-electron chi connectivity index (χ2n) is 4.51. The van der Waals surface area contributed by atoms with Crippen LogP contribution < -0.4 is 0 Å². The highest BCUT2D eigenvalue weighted by Gasteiger charge is 2.42. The molecule has 0 aliphatic carbocycles. The average Bonchev–Trinajstić information content (AvgIpc) is 2.86. The van der Waals surface area contributed by atoms with Crippen LogP contribution in [-0.4, -0.2) is 36.9 Å². The number of hydrogen-bond donors (Lipinski definition) is 0. The summed E-state index contributed by atoms with van der Waals surface area (Å²) in [4.78, 5) is 22.9. The van der Waals surface area contributed by atoms with Gasteiger partial charge in [-0.15, -0.1) is 0 Å². The van der Waals surface area contributed by atoms with E-state index in [1.807, 2.05) is 12.2 Å². The van der Waals surface area contributed by atoms with E-state index in [4.69, 9.17) is 14.2 Å². The molecular formula is C12H16O5. The molecule has 2 aliphatic rings. The summed E-state index contributed by atoms with van der Waals surface area (Å²) in [5.74, 6) is -1.19. The molecule has 2 heterocycles. The summed E-state index contributed by atoms with van der Waals surface area (Å²) in [5.41, 5.74) is 0. The number of carbonyl (C=O) groups is 2. The van der Waals surface area contributed by atoms with Gasteiger partial charge in [-0.2, -0.15) is 0 Å². The number of esters is 2. The third-order valence-electron chi connectivity index (χ3n) is 2.73. The van der Waals surface area contributed by atoms with Gasteiger partial charge in [-0.05, 0) is 20.3 Å². The first kappa shape index (κ1) is 12.1. The van der Waals surface area contributed by atoms with E-state index in [1.165, 1.54) is 0 Å². The maximum absolute atomic E-state index is 11.7. The zero-order valence-corrected chi connectivity index (χ0v) is 9.92. The number of rotatable bonds is 4. The Hall–Kier alpha value is -1.36. The zero-order chi connectivity index (χ0) is 12.4. The molecule has 1 saturated heterocycles. The standard InChI is InChI=1S/C12H16O5/c1-7(2)16-11(13)6-15-12(14)9-5-8-3-4-10(9)17-8/h3-4,7-10H,5-6H2,1-2H3. The van der Waals surface area contributed by atoms with Crippen molar-refractivity contribution in [3.05, 3.63) is 12.2 Å². The maximum atomic E-state index is 11.7. The van der Waals surface area contributed by atoms with E-state index in [0.29, 0.717) is 6.42 Å². The topological polar surface area (TPSA) is 61.8 Å². The van der Waals surface area contributed by atoms with E-state index in [-0.39, 0.29) is 36.8 Å². The largest absolute Gasteiger partial charge is 0.460 e. The van der Waals surface area contributed by atoms with Gasteiger partial charge in [-0.25, -0.2) is 4.79 Å². The van der Waals surface area contributed by atoms with Crippen molar-refractivity contribution < 1.29 is 23.8 Å². The SMILES string of the molecule is CC(C)OC(=O)COC(=O)C1CC2C=CC1O2. The van der Waals surface area contributed by atoms with Gasteiger partial charge in [0.1, 0.15) is 0 Å². The van der Waals surface area contributed by atoms with Crippen molar-refractivity contribution in [1.29, 1.82) is 0 Å². The van der Waals surface area contributed by atoms with Crippen LogP contribution in [0.5, 0.6) is 0 Å². The van der Waals surface area contributed by atoms with Gasteiger partial charge in [0.05, 0.1) is 24.2 Å². The quantitative estimate of drug-likeness (QED) is 0.538. The van der Waals surface area contributed by atoms with Crippen LogP contribution in [0.15, 0.2) is 12.2 Å². The molecule has 0 saturated carbocycles. The monoisotopic (exact) mass is 240 g/mol. The predicted molar refractivity (Wildman–Crippen MR) is 58.1 cm³/mol. The van der Waals surface area contributed by atoms with Gasteiger partial charge >= 0.3 is 11.9 Å². The fourth-order valence-electron chi connectivity index (χ4n) is 2.04. The Kier molecular flexibility index (Phi) is 3.47. The number of fused-ring (bicyclic) bond motifs is 2. The highest BCUT2D eigenvalue weighted by Crippen LogP contribution is 2.34. The number of ether oxygens (including phenoxy) is 3. The minimum atomic E-state index is -0.520. The summed E-state index contributed by atoms with van der Waals surface area (Å²) in [7, 11) is 0. The maximum Gasteiger partial charge on any atom is 0.344 e. The Labute approximate surface area is 99.7 Å². The summed E-state index contributed by atoms with van der Waals surface area (Å²) in [6, 6.07) is 0. The molecule has 2 bridgehead atoms. The van der Waals surface area contributed by atoms with Gasteiger partial charge in [-0.1, -0.05) is 12.2 Å². The average molecular weight is 240 g/mol. The van der Waals surface area contributed by atoms with E-state index >= 15 is 0 Å². The first-order valence-electron chi connectivity index (χ1n) is 5.76. The van der Waals surface area contributed by atoms with E-state index in [9.17, 15) is 9.59 Å². The zero-order valence-electron chi connectivity index (χ0n) is 9.92. The van der Waals surface area contributed by atoms with Crippen LogP contribution in [0, 0.1) is 5.92 Å². The van der Waals surface area contributed by atoms with Crippen LogP contribution in [-0.2, 0) is 23.8 Å². The Bertz CT molecular complexity index is 347. The summed E-state index contributed by atoms with van der Waals surface area (Å²) < 4.78 is 15.2. The number of carbonyl (C=O) groups excluding carboxylic acids is 2. The van der Waals surface area contributed by atoms with E-state index in [1.54, 1.807) is 13.8 Å². The summed E-state index contributed by atoms with van der Waals surface area (Å²) >= 11 is 0. The molecule has 2 rings (SSSR count). The molecule has 3 atom stereocenters. The molecule has 0 spiro atoms. The van der Waals surface area contributed by atoms with Gasteiger partial charge < -0.3 is 14.2 Å². The molecule has 1 fully saturated rings. The second kappa shape index (κ2) is 4.87. The third kappa shape index (κ3) is 2.85. The molecule has 0 radical (unpaired) electrons. The van der Waals surface area contributed by atoms with Crippen molar-refractivity contribution in [1.82, 2.24) is 0 Å². The summed E-state index contributed by atoms with van der Waals surface area (Å²) in [6.07, 6.45) is 4.09. The van der Waals surface area contributed by atoms with Crippen molar-refractivity contribution in [2.75, 3.05) is 6.61 Å². The first-order valence-corrected chi connectivity index (χ1v) is 5.76. The smallest absolute Gasteiger partial charge is 0.344 e. The van der Waals surface area contributed by atoms with Crippen LogP contribution in [0.1, 0.15) is 20.3 Å². The fraction of sp³-hybridized carbons (Fsp3) is 0.667. The van der Waals surface area contributed by atoms with Gasteiger partial charge in [0.25, 0.3) is 0 Å². The molecule has 94 valence electrons. The van der Waals surface area contributed by atoms with E-state index in [2.05, 4.69) is 0 Å². The summed E-state index contributed by atoms with van der Waals surface area (Å²) in [6.45, 7) is 3.16. The molecule has 0 aromatic carbocycles. The van der Waals surface area contributed by atoms with Crippen molar-refractivity contribution in [3.63, 3.8) is 0 Å². The lowest BCUT2D eigenvalue weighted by atomic mass is 9.95. The lowest BCUT2D eigenvalue weighted by Crippen LogP contribution is -2.28. The van der Waals surface area contributed by atoms with Crippen molar-refractivity contribution in [2.24, 2.45) is 5.92 Å². The molecule has 0 N–H and O–H groups in total. The predicted octanol–water partition coefficient (Wildman–Crippen LogP) is 0.825. The molecule has 0 aromatic rings. The van der Waals surface area contributed by atoms with Crippen LogP contribution >= 0.6 is 0 Å². The fourth-order valence-corrected chi connectivity index (χ4v) is 2.04. The second-order valence-corrected chi connectivity index (χ2v) is 4.51. The van der Waals surface area contributed by atoms with Gasteiger partial charge in [0, 0.05) is 0 Å². The molecular weight excluding hydrogens is 224 g/mol. The van der Waals surface area contributed by atoms with Crippen LogP contribution in [0.4, 0.5) is 0 Å². The highest BCUT2D eigenvalue weighted by atomic mass is 16.6. The molecule has 2 aliphatic heterocycles. The Morgan fingerprint density at radius 1 is 1.41 bits per heavy atom. The Morgan fingerprint density at radius 2 is 2.18 bits per heavy atom. The van der Waals surface area contributed by atoms with Gasteiger partial charge in [0.15, 0.2) is 6.61 Å². The minimum absolute atomic E-state index is 0.0279. The molecule has 5 heteroatoms. The van der Waals surface area contributed by atoms with Gasteiger partial charge in [-0.3, -0.25) is 4.79 Å². The number of hydrogen-bond acceptors (Lipinski definition) is 5. The molecule has 17 heavy (non-hydrogen) atoms. The van der Waals surface area contributed by atoms with Gasteiger partial charge in [0.2, 0.25) is 0 Å². The lowest BCUT2D eigenvalue weighted by molar-refractivity contribution is -0.164. The van der Waals surface area contributed by atoms with Crippen LogP contribution in [0.25, 0.3) is 0 Å². The van der Waals surface area contributed by atoms with Crippen LogP contribution in [0.3, 0.4) is 0 Å². The molecule has 5 nitrogen and oxygen atoms in total. The van der Waals surface area contributed by atoms with Crippen molar-refractivity contribution >= 4 is 11.9 Å². The molecule has 0 aromatic heterocycles. The molecule has 0 amide bonds. The summed E-state index contributed by atoms with van der Waals surface area (Å²) in [5, 5.41) is 0. The normalized spacial score (nSPS) is 29.7. The highest BCUT2D eigenvalue weighted by molar-refractivity contribution is 5.78. The third-order valence-corrected chi connectivity index (χ3v) is 2.73. The van der Waals surface area contributed by atoms with E-state index < -0.39 is 5.97 Å². The van der Waals surface area contributed by atoms with Crippen molar-refractivity contribution in [2.45, 2.75) is 38.6 Å². The lowest BCUT2D eigenvalue weighted by Gasteiger charge is -2.14. The van der Waals surface area contributed by atoms with Crippen molar-refractivity contribution in [3.8, 4) is 0 Å². The van der Waals surface area contributed by atoms with E-state index in [0.717, 1.165) is 0 Å². The van der Waals surface area contributed by atoms with Crippen LogP contribution in [0.2, 0.25) is 0 Å². The Balaban J connectivity index is 1.75. The Morgan fingerprint density at radius 3 is 2.71 bits per heavy atom. The minimum Gasteiger partial charge on any atom is -0.460 e. The molecule has 3 unspecified atom stereocenters. The first-order chi connectivity index (χ1) is 8.06.